The number of hydrogen-bond acceptors (Lipinski definition) is 3. The first kappa shape index (κ1) is 19.7. The standard InChI is InChI=1S/C21H21F2N3O2/c1-13-5-3-8-18(23)21(13)26-19(16(12-24-26)11-20(27)25-28)10-9-15-6-4-7-17(22)14(15)2/h3-8,12,28H,9-11H2,1-2H3,(H,25,27). The Balaban J connectivity index is 2.02. The molecule has 5 nitrogen and oxygen atoms in total. The third-order valence-electron chi connectivity index (χ3n) is 4.84. The van der Waals surface area contributed by atoms with E-state index in [0.717, 1.165) is 5.56 Å². The molecule has 2 aromatic carbocycles. The summed E-state index contributed by atoms with van der Waals surface area (Å²) in [5.41, 5.74) is 5.21. The fourth-order valence-electron chi connectivity index (χ4n) is 3.29. The number of carbonyl (C=O) groups is 1. The smallest absolute Gasteiger partial charge is 0.247 e. The zero-order valence-electron chi connectivity index (χ0n) is 15.7. The predicted molar refractivity (Wildman–Crippen MR) is 100 cm³/mol. The van der Waals surface area contributed by atoms with Crippen molar-refractivity contribution in [1.29, 1.82) is 0 Å². The highest BCUT2D eigenvalue weighted by Gasteiger charge is 2.19. The molecule has 0 atom stereocenters. The van der Waals surface area contributed by atoms with E-state index in [1.807, 2.05) is 6.07 Å². The SMILES string of the molecule is Cc1cccc(F)c1-n1ncc(CC(=O)NO)c1CCc1cccc(F)c1C. The molecule has 1 aromatic heterocycles. The van der Waals surface area contributed by atoms with Gasteiger partial charge in [-0.25, -0.2) is 18.9 Å². The Labute approximate surface area is 161 Å². The van der Waals surface area contributed by atoms with Crippen molar-refractivity contribution in [3.05, 3.63) is 82.2 Å². The number of carbonyl (C=O) groups excluding carboxylic acids is 1. The maximum Gasteiger partial charge on any atom is 0.247 e. The number of benzene rings is 2. The van der Waals surface area contributed by atoms with E-state index in [-0.39, 0.29) is 12.2 Å². The highest BCUT2D eigenvalue weighted by molar-refractivity contribution is 5.77. The average Bonchev–Trinajstić information content (AvgIpc) is 3.05. The van der Waals surface area contributed by atoms with Gasteiger partial charge in [0.25, 0.3) is 0 Å². The molecule has 0 aliphatic rings. The summed E-state index contributed by atoms with van der Waals surface area (Å²) in [7, 11) is 0. The van der Waals surface area contributed by atoms with Crippen LogP contribution in [0.2, 0.25) is 0 Å². The summed E-state index contributed by atoms with van der Waals surface area (Å²) >= 11 is 0. The van der Waals surface area contributed by atoms with Crippen molar-refractivity contribution in [3.8, 4) is 5.69 Å². The Hall–Kier alpha value is -3.06. The molecule has 0 bridgehead atoms. The molecule has 0 unspecified atom stereocenters. The number of hydroxylamine groups is 1. The zero-order valence-corrected chi connectivity index (χ0v) is 15.7. The number of aryl methyl sites for hydroxylation is 2. The van der Waals surface area contributed by atoms with E-state index >= 15 is 0 Å². The minimum Gasteiger partial charge on any atom is -0.289 e. The second-order valence-electron chi connectivity index (χ2n) is 6.67. The first-order valence-corrected chi connectivity index (χ1v) is 8.90. The van der Waals surface area contributed by atoms with Crippen LogP contribution in [-0.2, 0) is 24.1 Å². The van der Waals surface area contributed by atoms with Gasteiger partial charge in [0, 0.05) is 11.3 Å². The van der Waals surface area contributed by atoms with Crippen molar-refractivity contribution in [2.75, 3.05) is 0 Å². The molecule has 0 fully saturated rings. The topological polar surface area (TPSA) is 67.2 Å². The Bertz CT molecular complexity index is 995. The van der Waals surface area contributed by atoms with Crippen molar-refractivity contribution in [1.82, 2.24) is 15.3 Å². The van der Waals surface area contributed by atoms with Crippen LogP contribution in [0.15, 0.2) is 42.6 Å². The van der Waals surface area contributed by atoms with Crippen molar-refractivity contribution in [2.24, 2.45) is 0 Å². The molecule has 3 rings (SSSR count). The molecule has 0 saturated carbocycles. The molecule has 1 amide bonds. The van der Waals surface area contributed by atoms with Crippen LogP contribution >= 0.6 is 0 Å². The van der Waals surface area contributed by atoms with Gasteiger partial charge in [-0.3, -0.25) is 10.0 Å². The molecule has 3 aromatic rings. The maximum absolute atomic E-state index is 14.5. The van der Waals surface area contributed by atoms with Gasteiger partial charge in [-0.05, 0) is 55.5 Å². The van der Waals surface area contributed by atoms with Crippen LogP contribution in [0.5, 0.6) is 0 Å². The summed E-state index contributed by atoms with van der Waals surface area (Å²) in [6.07, 6.45) is 2.32. The van der Waals surface area contributed by atoms with Gasteiger partial charge in [-0.1, -0.05) is 24.3 Å². The van der Waals surface area contributed by atoms with E-state index in [1.54, 1.807) is 37.5 Å². The highest BCUT2D eigenvalue weighted by Crippen LogP contribution is 2.24. The molecule has 0 radical (unpaired) electrons. The van der Waals surface area contributed by atoms with Gasteiger partial charge in [0.1, 0.15) is 17.3 Å². The number of para-hydroxylation sites is 1. The van der Waals surface area contributed by atoms with Crippen LogP contribution in [0.25, 0.3) is 5.69 Å². The van der Waals surface area contributed by atoms with Gasteiger partial charge in [0.2, 0.25) is 5.91 Å². The van der Waals surface area contributed by atoms with E-state index in [2.05, 4.69) is 5.10 Å². The maximum atomic E-state index is 14.5. The summed E-state index contributed by atoms with van der Waals surface area (Å²) in [5, 5.41) is 13.1. The number of amides is 1. The van der Waals surface area contributed by atoms with E-state index in [9.17, 15) is 13.6 Å². The molecule has 0 spiro atoms. The second kappa shape index (κ2) is 8.31. The van der Waals surface area contributed by atoms with E-state index in [1.165, 1.54) is 23.0 Å². The van der Waals surface area contributed by atoms with Crippen molar-refractivity contribution >= 4 is 5.91 Å². The minimum absolute atomic E-state index is 0.0958. The van der Waals surface area contributed by atoms with Gasteiger partial charge >= 0.3 is 0 Å². The number of nitrogens with one attached hydrogen (secondary N) is 1. The van der Waals surface area contributed by atoms with E-state index < -0.39 is 11.7 Å². The Morgan fingerprint density at radius 1 is 1.07 bits per heavy atom. The average molecular weight is 385 g/mol. The Morgan fingerprint density at radius 3 is 2.50 bits per heavy atom. The van der Waals surface area contributed by atoms with Gasteiger partial charge in [-0.2, -0.15) is 5.10 Å². The van der Waals surface area contributed by atoms with Crippen molar-refractivity contribution < 1.29 is 18.8 Å². The normalized spacial score (nSPS) is 10.9. The first-order chi connectivity index (χ1) is 13.4. The lowest BCUT2D eigenvalue weighted by Crippen LogP contribution is -2.21. The van der Waals surface area contributed by atoms with Crippen LogP contribution in [0.4, 0.5) is 8.78 Å². The Kier molecular flexibility index (Phi) is 5.84. The molecule has 0 aliphatic carbocycles. The van der Waals surface area contributed by atoms with Crippen LogP contribution in [0, 0.1) is 25.5 Å². The van der Waals surface area contributed by atoms with Gasteiger partial charge in [-0.15, -0.1) is 0 Å². The van der Waals surface area contributed by atoms with Crippen LogP contribution < -0.4 is 5.48 Å². The fraction of sp³-hybridized carbons (Fsp3) is 0.238. The second-order valence-corrected chi connectivity index (χ2v) is 6.67. The molecule has 7 heteroatoms. The quantitative estimate of drug-likeness (QED) is 0.503. The van der Waals surface area contributed by atoms with Crippen LogP contribution in [-0.4, -0.2) is 20.9 Å². The molecular formula is C21H21F2N3O2. The lowest BCUT2D eigenvalue weighted by Gasteiger charge is -2.14. The molecule has 1 heterocycles. The van der Waals surface area contributed by atoms with Crippen molar-refractivity contribution in [2.45, 2.75) is 33.1 Å². The molecular weight excluding hydrogens is 364 g/mol. The third-order valence-corrected chi connectivity index (χ3v) is 4.84. The summed E-state index contributed by atoms with van der Waals surface area (Å²) in [6, 6.07) is 9.64. The lowest BCUT2D eigenvalue weighted by molar-refractivity contribution is -0.128. The van der Waals surface area contributed by atoms with Gasteiger partial charge < -0.3 is 0 Å². The van der Waals surface area contributed by atoms with E-state index in [4.69, 9.17) is 5.21 Å². The molecule has 2 N–H and O–H groups in total. The van der Waals surface area contributed by atoms with Crippen LogP contribution in [0.1, 0.15) is 27.9 Å². The largest absolute Gasteiger partial charge is 0.289 e. The van der Waals surface area contributed by atoms with Gasteiger partial charge in [0.05, 0.1) is 12.6 Å². The monoisotopic (exact) mass is 385 g/mol. The minimum atomic E-state index is -0.590. The highest BCUT2D eigenvalue weighted by atomic mass is 19.1. The molecule has 0 saturated heterocycles. The molecule has 0 aliphatic heterocycles. The number of rotatable bonds is 6. The van der Waals surface area contributed by atoms with Gasteiger partial charge in [0.15, 0.2) is 0 Å². The Morgan fingerprint density at radius 2 is 1.79 bits per heavy atom. The summed E-state index contributed by atoms with van der Waals surface area (Å²) < 4.78 is 29.8. The molecule has 146 valence electrons. The zero-order chi connectivity index (χ0) is 20.3. The summed E-state index contributed by atoms with van der Waals surface area (Å²) in [5.74, 6) is -1.30. The number of aromatic nitrogens is 2. The number of hydrogen-bond donors (Lipinski definition) is 2. The number of halogens is 2. The summed E-state index contributed by atoms with van der Waals surface area (Å²) in [4.78, 5) is 11.7. The number of nitrogens with zero attached hydrogens (tertiary/aromatic N) is 2. The lowest BCUT2D eigenvalue weighted by atomic mass is 10.00. The molecule has 28 heavy (non-hydrogen) atoms. The fourth-order valence-corrected chi connectivity index (χ4v) is 3.29. The predicted octanol–water partition coefficient (Wildman–Crippen LogP) is 3.60. The third kappa shape index (κ3) is 3.94. The van der Waals surface area contributed by atoms with E-state index in [0.29, 0.717) is 40.9 Å². The summed E-state index contributed by atoms with van der Waals surface area (Å²) in [6.45, 7) is 3.49. The van der Waals surface area contributed by atoms with Crippen LogP contribution in [0.3, 0.4) is 0 Å². The van der Waals surface area contributed by atoms with Crippen molar-refractivity contribution in [3.63, 3.8) is 0 Å². The first-order valence-electron chi connectivity index (χ1n) is 8.90.